The average Bonchev–Trinajstić information content (AvgIpc) is 2.38. The third-order valence-corrected chi connectivity index (χ3v) is 3.80. The van der Waals surface area contributed by atoms with Crippen molar-refractivity contribution in [2.45, 2.75) is 19.9 Å². The Morgan fingerprint density at radius 3 is 2.00 bits per heavy atom. The molecule has 2 N–H and O–H groups in total. The SMILES string of the molecule is COc1c(C)cc(C(N)c2ccc(Br)cc2)cc1C. The Morgan fingerprint density at radius 1 is 1.00 bits per heavy atom. The number of methoxy groups -OCH3 is 1. The summed E-state index contributed by atoms with van der Waals surface area (Å²) < 4.78 is 6.45. The second kappa shape index (κ2) is 5.76. The smallest absolute Gasteiger partial charge is 0.124 e. The Kier molecular flexibility index (Phi) is 4.27. The first-order chi connectivity index (χ1) is 9.02. The highest BCUT2D eigenvalue weighted by Crippen LogP contribution is 2.29. The molecule has 0 aliphatic rings. The number of hydrogen-bond acceptors (Lipinski definition) is 2. The van der Waals surface area contributed by atoms with Gasteiger partial charge in [-0.3, -0.25) is 0 Å². The van der Waals surface area contributed by atoms with Crippen LogP contribution >= 0.6 is 15.9 Å². The summed E-state index contributed by atoms with van der Waals surface area (Å²) in [6.45, 7) is 4.09. The molecule has 3 heteroatoms. The Hall–Kier alpha value is -1.32. The zero-order valence-electron chi connectivity index (χ0n) is 11.4. The number of benzene rings is 2. The Labute approximate surface area is 122 Å². The molecule has 0 radical (unpaired) electrons. The molecule has 0 heterocycles. The van der Waals surface area contributed by atoms with E-state index >= 15 is 0 Å². The predicted octanol–water partition coefficient (Wildman–Crippen LogP) is 4.12. The highest BCUT2D eigenvalue weighted by atomic mass is 79.9. The molecule has 19 heavy (non-hydrogen) atoms. The van der Waals surface area contributed by atoms with Crippen LogP contribution in [-0.2, 0) is 0 Å². The number of ether oxygens (including phenoxy) is 1. The van der Waals surface area contributed by atoms with Crippen molar-refractivity contribution >= 4 is 15.9 Å². The first-order valence-corrected chi connectivity index (χ1v) is 6.98. The highest BCUT2D eigenvalue weighted by molar-refractivity contribution is 9.10. The maximum atomic E-state index is 6.34. The van der Waals surface area contributed by atoms with Crippen molar-refractivity contribution in [2.75, 3.05) is 7.11 Å². The van der Waals surface area contributed by atoms with E-state index in [1.54, 1.807) is 7.11 Å². The van der Waals surface area contributed by atoms with Crippen LogP contribution < -0.4 is 10.5 Å². The number of rotatable bonds is 3. The summed E-state index contributed by atoms with van der Waals surface area (Å²) in [5.41, 5.74) is 10.8. The molecule has 0 aliphatic heterocycles. The van der Waals surface area contributed by atoms with Crippen LogP contribution in [0.1, 0.15) is 28.3 Å². The molecule has 2 nitrogen and oxygen atoms in total. The summed E-state index contributed by atoms with van der Waals surface area (Å²) >= 11 is 3.44. The van der Waals surface area contributed by atoms with E-state index in [1.807, 2.05) is 38.1 Å². The van der Waals surface area contributed by atoms with E-state index in [0.29, 0.717) is 0 Å². The standard InChI is InChI=1S/C16H18BrNO/c1-10-8-13(9-11(2)16(10)19-3)15(18)12-4-6-14(17)7-5-12/h4-9,15H,18H2,1-3H3. The molecule has 1 atom stereocenters. The molecule has 2 aromatic rings. The zero-order chi connectivity index (χ0) is 14.0. The van der Waals surface area contributed by atoms with Gasteiger partial charge in [-0.1, -0.05) is 40.2 Å². The van der Waals surface area contributed by atoms with Crippen LogP contribution in [0, 0.1) is 13.8 Å². The van der Waals surface area contributed by atoms with Gasteiger partial charge in [-0.2, -0.15) is 0 Å². The van der Waals surface area contributed by atoms with Gasteiger partial charge >= 0.3 is 0 Å². The van der Waals surface area contributed by atoms with Crippen molar-refractivity contribution in [1.29, 1.82) is 0 Å². The fraction of sp³-hybridized carbons (Fsp3) is 0.250. The molecule has 0 aromatic heterocycles. The second-order valence-corrected chi connectivity index (χ2v) is 5.63. The first-order valence-electron chi connectivity index (χ1n) is 6.19. The van der Waals surface area contributed by atoms with Crippen LogP contribution in [0.5, 0.6) is 5.75 Å². The van der Waals surface area contributed by atoms with Gasteiger partial charge in [0.1, 0.15) is 5.75 Å². The van der Waals surface area contributed by atoms with Crippen molar-refractivity contribution in [3.05, 3.63) is 63.1 Å². The van der Waals surface area contributed by atoms with Gasteiger partial charge in [-0.05, 0) is 48.2 Å². The molecule has 0 saturated carbocycles. The van der Waals surface area contributed by atoms with Gasteiger partial charge < -0.3 is 10.5 Å². The molecule has 2 aromatic carbocycles. The van der Waals surface area contributed by atoms with Crippen LogP contribution in [0.4, 0.5) is 0 Å². The maximum absolute atomic E-state index is 6.34. The van der Waals surface area contributed by atoms with Crippen LogP contribution in [0.3, 0.4) is 0 Å². The lowest BCUT2D eigenvalue weighted by Crippen LogP contribution is -2.12. The third kappa shape index (κ3) is 2.99. The minimum absolute atomic E-state index is 0.114. The van der Waals surface area contributed by atoms with Gasteiger partial charge in [0.25, 0.3) is 0 Å². The van der Waals surface area contributed by atoms with Crippen LogP contribution in [0.2, 0.25) is 0 Å². The normalized spacial score (nSPS) is 12.3. The van der Waals surface area contributed by atoms with E-state index < -0.39 is 0 Å². The Morgan fingerprint density at radius 2 is 1.53 bits per heavy atom. The topological polar surface area (TPSA) is 35.2 Å². The number of nitrogens with two attached hydrogens (primary N) is 1. The number of hydrogen-bond donors (Lipinski definition) is 1. The van der Waals surface area contributed by atoms with E-state index in [0.717, 1.165) is 32.5 Å². The highest BCUT2D eigenvalue weighted by Gasteiger charge is 2.12. The molecule has 100 valence electrons. The minimum Gasteiger partial charge on any atom is -0.496 e. The van der Waals surface area contributed by atoms with Gasteiger partial charge in [-0.15, -0.1) is 0 Å². The molecule has 0 aliphatic carbocycles. The van der Waals surface area contributed by atoms with E-state index in [9.17, 15) is 0 Å². The summed E-state index contributed by atoms with van der Waals surface area (Å²) in [4.78, 5) is 0. The average molecular weight is 320 g/mol. The van der Waals surface area contributed by atoms with Crippen LogP contribution in [-0.4, -0.2) is 7.11 Å². The minimum atomic E-state index is -0.114. The summed E-state index contributed by atoms with van der Waals surface area (Å²) in [6.07, 6.45) is 0. The Bertz CT molecular complexity index is 555. The molecule has 0 fully saturated rings. The van der Waals surface area contributed by atoms with E-state index in [2.05, 4.69) is 28.1 Å². The molecular formula is C16H18BrNO. The molecule has 0 saturated heterocycles. The third-order valence-electron chi connectivity index (χ3n) is 3.28. The van der Waals surface area contributed by atoms with E-state index in [1.165, 1.54) is 0 Å². The summed E-state index contributed by atoms with van der Waals surface area (Å²) in [5, 5.41) is 0. The first kappa shape index (κ1) is 14.1. The Balaban J connectivity index is 2.39. The van der Waals surface area contributed by atoms with Gasteiger partial charge in [0.2, 0.25) is 0 Å². The summed E-state index contributed by atoms with van der Waals surface area (Å²) in [7, 11) is 1.70. The second-order valence-electron chi connectivity index (χ2n) is 4.72. The van der Waals surface area contributed by atoms with Gasteiger partial charge in [-0.25, -0.2) is 0 Å². The zero-order valence-corrected chi connectivity index (χ0v) is 13.0. The monoisotopic (exact) mass is 319 g/mol. The molecule has 2 rings (SSSR count). The van der Waals surface area contributed by atoms with Crippen molar-refractivity contribution in [1.82, 2.24) is 0 Å². The van der Waals surface area contributed by atoms with Crippen molar-refractivity contribution in [3.8, 4) is 5.75 Å². The lowest BCUT2D eigenvalue weighted by molar-refractivity contribution is 0.408. The van der Waals surface area contributed by atoms with Crippen molar-refractivity contribution < 1.29 is 4.74 Å². The molecule has 0 bridgehead atoms. The fourth-order valence-electron chi connectivity index (χ4n) is 2.35. The fourth-order valence-corrected chi connectivity index (χ4v) is 2.61. The lowest BCUT2D eigenvalue weighted by atomic mass is 9.96. The predicted molar refractivity (Wildman–Crippen MR) is 82.6 cm³/mol. The molecule has 0 spiro atoms. The number of halogens is 1. The van der Waals surface area contributed by atoms with Crippen LogP contribution in [0.15, 0.2) is 40.9 Å². The van der Waals surface area contributed by atoms with E-state index in [-0.39, 0.29) is 6.04 Å². The van der Waals surface area contributed by atoms with Crippen molar-refractivity contribution in [3.63, 3.8) is 0 Å². The van der Waals surface area contributed by atoms with Gasteiger partial charge in [0.15, 0.2) is 0 Å². The van der Waals surface area contributed by atoms with Gasteiger partial charge in [0.05, 0.1) is 13.2 Å². The lowest BCUT2D eigenvalue weighted by Gasteiger charge is -2.17. The molecule has 1 unspecified atom stereocenters. The summed E-state index contributed by atoms with van der Waals surface area (Å²) in [5.74, 6) is 0.937. The quantitative estimate of drug-likeness (QED) is 0.923. The van der Waals surface area contributed by atoms with E-state index in [4.69, 9.17) is 10.5 Å². The molecular weight excluding hydrogens is 302 g/mol. The number of aryl methyl sites for hydroxylation is 2. The maximum Gasteiger partial charge on any atom is 0.124 e. The summed E-state index contributed by atoms with van der Waals surface area (Å²) in [6, 6.07) is 12.2. The molecule has 0 amide bonds. The van der Waals surface area contributed by atoms with Gasteiger partial charge in [0, 0.05) is 4.47 Å². The largest absolute Gasteiger partial charge is 0.496 e. The van der Waals surface area contributed by atoms with Crippen LogP contribution in [0.25, 0.3) is 0 Å². The van der Waals surface area contributed by atoms with Crippen molar-refractivity contribution in [2.24, 2.45) is 5.73 Å².